The quantitative estimate of drug-likeness (QED) is 0.429. The fraction of sp³-hybridized carbons (Fsp3) is 0.500. The van der Waals surface area contributed by atoms with Gasteiger partial charge in [-0.1, -0.05) is 0 Å². The van der Waals surface area contributed by atoms with Crippen LogP contribution in [0.4, 0.5) is 21.7 Å². The molecule has 12 heteroatoms. The highest BCUT2D eigenvalue weighted by Crippen LogP contribution is 2.23. The Morgan fingerprint density at radius 1 is 1.33 bits per heavy atom. The number of ether oxygens (including phenoxy) is 1. The summed E-state index contributed by atoms with van der Waals surface area (Å²) in [6.45, 7) is 1.39. The lowest BCUT2D eigenvalue weighted by Gasteiger charge is -2.22. The van der Waals surface area contributed by atoms with Crippen LogP contribution in [0.2, 0.25) is 0 Å². The van der Waals surface area contributed by atoms with Crippen molar-refractivity contribution in [3.63, 3.8) is 0 Å². The van der Waals surface area contributed by atoms with Crippen molar-refractivity contribution in [1.29, 1.82) is 0 Å². The third-order valence-corrected chi connectivity index (χ3v) is 6.66. The zero-order valence-electron chi connectivity index (χ0n) is 20.6. The van der Waals surface area contributed by atoms with E-state index in [0.717, 1.165) is 13.0 Å². The number of likely N-dealkylation sites (tertiary alicyclic amines) is 1. The first kappa shape index (κ1) is 25.6. The smallest absolute Gasteiger partial charge is 0.274 e. The lowest BCUT2D eigenvalue weighted by Crippen LogP contribution is -2.29. The minimum absolute atomic E-state index is 0.00889. The van der Waals surface area contributed by atoms with E-state index in [9.17, 15) is 14.0 Å². The summed E-state index contributed by atoms with van der Waals surface area (Å²) in [5, 5.41) is 10.2. The summed E-state index contributed by atoms with van der Waals surface area (Å²) in [7, 11) is 3.49. The van der Waals surface area contributed by atoms with Crippen LogP contribution in [0.1, 0.15) is 42.1 Å². The summed E-state index contributed by atoms with van der Waals surface area (Å²) in [5.41, 5.74) is 6.03. The maximum Gasteiger partial charge on any atom is 0.274 e. The minimum Gasteiger partial charge on any atom is -0.381 e. The van der Waals surface area contributed by atoms with Crippen LogP contribution < -0.4 is 21.9 Å². The highest BCUT2D eigenvalue weighted by Gasteiger charge is 2.25. The van der Waals surface area contributed by atoms with Crippen LogP contribution in [0, 0.1) is 0 Å². The zero-order valence-corrected chi connectivity index (χ0v) is 20.6. The number of carbonyl (C=O) groups is 1. The van der Waals surface area contributed by atoms with Crippen LogP contribution in [0.3, 0.4) is 0 Å². The number of amides is 1. The summed E-state index contributed by atoms with van der Waals surface area (Å²) in [5.74, 6) is 0.303. The van der Waals surface area contributed by atoms with Gasteiger partial charge in [-0.15, -0.1) is 0 Å². The maximum absolute atomic E-state index is 13.0. The molecule has 3 aromatic heterocycles. The number of hydrogen-bond acceptors (Lipinski definition) is 8. The summed E-state index contributed by atoms with van der Waals surface area (Å²) in [4.78, 5) is 31.1. The number of nitrogens with one attached hydrogen (secondary N) is 2. The second-order valence-electron chi connectivity index (χ2n) is 8.91. The van der Waals surface area contributed by atoms with Crippen molar-refractivity contribution >= 4 is 28.9 Å². The standard InChI is InChI=1S/C19H23FN8O2.C5H10O/c1-22-16-9-15(25-18-13(17(21)29)10-23-28(16)18)24-14-3-2-6-27(19(14)30)12-4-7-26(11-12)8-5-20;1-6-5-3-2-4-5/h2-3,6,9-10,12,22H,4-5,7-8,11H2,1H3,(H2,21,29)(H,24,25);5H,2-4H2,1H3. The Bertz CT molecular complexity index is 1250. The Kier molecular flexibility index (Phi) is 8.16. The molecule has 0 aromatic carbocycles. The summed E-state index contributed by atoms with van der Waals surface area (Å²) in [6, 6.07) is 5.13. The molecule has 1 atom stereocenters. The number of alkyl halides is 1. The number of primary amides is 1. The van der Waals surface area contributed by atoms with E-state index in [0.29, 0.717) is 36.5 Å². The molecule has 0 bridgehead atoms. The molecular weight excluding hydrogens is 467 g/mol. The number of methoxy groups -OCH3 is 1. The van der Waals surface area contributed by atoms with Crippen molar-refractivity contribution < 1.29 is 13.9 Å². The molecule has 1 saturated heterocycles. The number of halogens is 1. The van der Waals surface area contributed by atoms with Crippen molar-refractivity contribution in [2.24, 2.45) is 5.73 Å². The molecule has 2 fully saturated rings. The monoisotopic (exact) mass is 500 g/mol. The topological polar surface area (TPSA) is 132 Å². The summed E-state index contributed by atoms with van der Waals surface area (Å²) < 4.78 is 20.7. The highest BCUT2D eigenvalue weighted by molar-refractivity contribution is 5.98. The van der Waals surface area contributed by atoms with E-state index >= 15 is 0 Å². The number of nitrogens with zero attached hydrogens (tertiary/aromatic N) is 5. The van der Waals surface area contributed by atoms with Gasteiger partial charge >= 0.3 is 0 Å². The number of aromatic nitrogens is 4. The SMILES string of the molecule is CNc1cc(Nc2cccn(C3CCN(CCF)C3)c2=O)nc2c(C(N)=O)cnn12.COC1CCC1. The number of rotatable bonds is 8. The molecule has 4 N–H and O–H groups in total. The van der Waals surface area contributed by atoms with Crippen molar-refractivity contribution in [3.05, 3.63) is 46.5 Å². The fourth-order valence-corrected chi connectivity index (χ4v) is 4.38. The van der Waals surface area contributed by atoms with Gasteiger partial charge in [0.2, 0.25) is 0 Å². The molecule has 11 nitrogen and oxygen atoms in total. The van der Waals surface area contributed by atoms with Crippen molar-refractivity contribution in [2.75, 3.05) is 51.1 Å². The highest BCUT2D eigenvalue weighted by atomic mass is 19.1. The predicted octanol–water partition coefficient (Wildman–Crippen LogP) is 2.18. The zero-order chi connectivity index (χ0) is 25.7. The van der Waals surface area contributed by atoms with Gasteiger partial charge in [-0.3, -0.25) is 14.5 Å². The number of fused-ring (bicyclic) bond motifs is 1. The normalized spacial score (nSPS) is 17.9. The molecule has 2 aliphatic rings. The number of hydrogen-bond donors (Lipinski definition) is 3. The van der Waals surface area contributed by atoms with Crippen LogP contribution in [0.5, 0.6) is 0 Å². The van der Waals surface area contributed by atoms with Crippen molar-refractivity contribution in [2.45, 2.75) is 37.8 Å². The second-order valence-corrected chi connectivity index (χ2v) is 8.91. The van der Waals surface area contributed by atoms with Gasteiger partial charge < -0.3 is 25.7 Å². The van der Waals surface area contributed by atoms with E-state index in [1.54, 1.807) is 43.1 Å². The number of carbonyl (C=O) groups excluding carboxylic acids is 1. The van der Waals surface area contributed by atoms with Crippen LogP contribution >= 0.6 is 0 Å². The van der Waals surface area contributed by atoms with Gasteiger partial charge in [-0.25, -0.2) is 9.37 Å². The second kappa shape index (κ2) is 11.5. The molecule has 1 aliphatic carbocycles. The molecule has 1 saturated carbocycles. The van der Waals surface area contributed by atoms with Gasteiger partial charge in [0.05, 0.1) is 18.3 Å². The molecule has 36 heavy (non-hydrogen) atoms. The Morgan fingerprint density at radius 2 is 2.14 bits per heavy atom. The first-order valence-corrected chi connectivity index (χ1v) is 12.1. The lowest BCUT2D eigenvalue weighted by atomic mass is 9.96. The largest absolute Gasteiger partial charge is 0.381 e. The number of anilines is 3. The molecule has 1 amide bonds. The van der Waals surface area contributed by atoms with Crippen molar-refractivity contribution in [3.8, 4) is 0 Å². The molecule has 0 spiro atoms. The van der Waals surface area contributed by atoms with Crippen LogP contribution in [0.15, 0.2) is 35.4 Å². The molecule has 1 aliphatic heterocycles. The number of pyridine rings is 1. The maximum atomic E-state index is 13.0. The van der Waals surface area contributed by atoms with Gasteiger partial charge in [0.1, 0.15) is 29.6 Å². The van der Waals surface area contributed by atoms with Gasteiger partial charge in [0.25, 0.3) is 11.5 Å². The molecule has 194 valence electrons. The Balaban J connectivity index is 0.000000445. The fourth-order valence-electron chi connectivity index (χ4n) is 4.38. The first-order valence-electron chi connectivity index (χ1n) is 12.1. The Hall–Kier alpha value is -3.51. The Labute approximate surface area is 208 Å². The van der Waals surface area contributed by atoms with E-state index < -0.39 is 12.6 Å². The number of nitrogens with two attached hydrogens (primary N) is 1. The van der Waals surface area contributed by atoms with Crippen LogP contribution in [-0.4, -0.2) is 76.5 Å². The van der Waals surface area contributed by atoms with E-state index in [4.69, 9.17) is 10.5 Å². The van der Waals surface area contributed by atoms with Gasteiger partial charge in [-0.2, -0.15) is 9.61 Å². The third kappa shape index (κ3) is 5.49. The van der Waals surface area contributed by atoms with E-state index in [1.165, 1.54) is 30.0 Å². The predicted molar refractivity (Wildman–Crippen MR) is 136 cm³/mol. The van der Waals surface area contributed by atoms with Crippen LogP contribution in [0.25, 0.3) is 5.65 Å². The van der Waals surface area contributed by atoms with Crippen molar-refractivity contribution in [1.82, 2.24) is 24.1 Å². The molecule has 1 unspecified atom stereocenters. The molecule has 3 aromatic rings. The third-order valence-electron chi connectivity index (χ3n) is 6.66. The van der Waals surface area contributed by atoms with Gasteiger partial charge in [0, 0.05) is 46.1 Å². The summed E-state index contributed by atoms with van der Waals surface area (Å²) in [6.07, 6.45) is 8.45. The van der Waals surface area contributed by atoms with E-state index in [2.05, 4.69) is 20.7 Å². The van der Waals surface area contributed by atoms with Gasteiger partial charge in [-0.05, 0) is 37.8 Å². The average Bonchev–Trinajstić information content (AvgIpc) is 3.47. The molecule has 5 rings (SSSR count). The van der Waals surface area contributed by atoms with E-state index in [-0.39, 0.29) is 22.8 Å². The average molecular weight is 501 g/mol. The lowest BCUT2D eigenvalue weighted by molar-refractivity contribution is 0.0412. The summed E-state index contributed by atoms with van der Waals surface area (Å²) >= 11 is 0. The molecular formula is C24H33FN8O3. The minimum atomic E-state index is -0.641. The molecule has 4 heterocycles. The van der Waals surface area contributed by atoms with E-state index in [1.807, 2.05) is 4.90 Å². The van der Waals surface area contributed by atoms with Gasteiger partial charge in [0.15, 0.2) is 5.65 Å². The van der Waals surface area contributed by atoms with Crippen LogP contribution in [-0.2, 0) is 4.74 Å². The molecule has 0 radical (unpaired) electrons. The first-order chi connectivity index (χ1) is 17.4. The Morgan fingerprint density at radius 3 is 2.75 bits per heavy atom.